The van der Waals surface area contributed by atoms with Crippen molar-refractivity contribution in [2.24, 2.45) is 5.92 Å². The summed E-state index contributed by atoms with van der Waals surface area (Å²) in [4.78, 5) is 11.6. The van der Waals surface area contributed by atoms with Gasteiger partial charge in [0.05, 0.1) is 12.2 Å². The average Bonchev–Trinajstić information content (AvgIpc) is 2.61. The van der Waals surface area contributed by atoms with Crippen LogP contribution in [0.5, 0.6) is 0 Å². The Kier molecular flexibility index (Phi) is 3.92. The minimum absolute atomic E-state index is 0.100. The van der Waals surface area contributed by atoms with E-state index in [0.29, 0.717) is 29.6 Å². The van der Waals surface area contributed by atoms with Gasteiger partial charge in [0.15, 0.2) is 0 Å². The van der Waals surface area contributed by atoms with E-state index in [2.05, 4.69) is 13.2 Å². The third kappa shape index (κ3) is 2.80. The van der Waals surface area contributed by atoms with Crippen molar-refractivity contribution in [3.63, 3.8) is 0 Å². The van der Waals surface area contributed by atoms with Crippen LogP contribution in [0.1, 0.15) is 26.2 Å². The zero-order valence-corrected chi connectivity index (χ0v) is 11.1. The number of rotatable bonds is 0. The number of carbonyl (C=O) groups excluding carboxylic acids is 1. The van der Waals surface area contributed by atoms with Crippen molar-refractivity contribution in [2.75, 3.05) is 0 Å². The SMILES string of the molecule is C=C1CC[C@H]2C(=C)C(=O)O[C@@H]2/C=C(/C)[C@H](O)C[C@@H]1O. The highest BCUT2D eigenvalue weighted by Crippen LogP contribution is 2.34. The Balaban J connectivity index is 2.30. The predicted octanol–water partition coefficient (Wildman–Crippen LogP) is 1.49. The molecule has 4 atom stereocenters. The largest absolute Gasteiger partial charge is 0.454 e. The third-order valence-electron chi connectivity index (χ3n) is 4.00. The Hall–Kier alpha value is -1.39. The first-order valence-corrected chi connectivity index (χ1v) is 6.52. The topological polar surface area (TPSA) is 66.8 Å². The first kappa shape index (κ1) is 14.0. The van der Waals surface area contributed by atoms with Crippen LogP contribution >= 0.6 is 0 Å². The van der Waals surface area contributed by atoms with Gasteiger partial charge in [-0.1, -0.05) is 13.2 Å². The molecule has 4 nitrogen and oxygen atoms in total. The van der Waals surface area contributed by atoms with Crippen molar-refractivity contribution in [3.8, 4) is 0 Å². The van der Waals surface area contributed by atoms with E-state index < -0.39 is 12.2 Å². The van der Waals surface area contributed by atoms with Crippen molar-refractivity contribution in [1.82, 2.24) is 0 Å². The van der Waals surface area contributed by atoms with Crippen LogP contribution in [0.2, 0.25) is 0 Å². The monoisotopic (exact) mass is 264 g/mol. The van der Waals surface area contributed by atoms with Crippen LogP contribution in [0.15, 0.2) is 36.0 Å². The summed E-state index contributed by atoms with van der Waals surface area (Å²) in [6, 6.07) is 0. The average molecular weight is 264 g/mol. The molecule has 0 aromatic heterocycles. The molecule has 1 aliphatic carbocycles. The van der Waals surface area contributed by atoms with Gasteiger partial charge in [0.2, 0.25) is 0 Å². The Morgan fingerprint density at radius 2 is 2.00 bits per heavy atom. The fourth-order valence-electron chi connectivity index (χ4n) is 2.56. The van der Waals surface area contributed by atoms with E-state index in [1.165, 1.54) is 0 Å². The summed E-state index contributed by atoms with van der Waals surface area (Å²) in [6.07, 6.45) is 1.43. The zero-order valence-electron chi connectivity index (χ0n) is 11.1. The number of aliphatic hydroxyl groups excluding tert-OH is 2. The molecule has 0 bridgehead atoms. The molecule has 0 spiro atoms. The fraction of sp³-hybridized carbons (Fsp3) is 0.533. The van der Waals surface area contributed by atoms with Crippen molar-refractivity contribution >= 4 is 5.97 Å². The molecule has 0 saturated carbocycles. The second-order valence-corrected chi connectivity index (χ2v) is 5.38. The summed E-state index contributed by atoms with van der Waals surface area (Å²) in [7, 11) is 0. The molecule has 1 saturated heterocycles. The molecule has 2 N–H and O–H groups in total. The fourth-order valence-corrected chi connectivity index (χ4v) is 2.56. The minimum atomic E-state index is -0.752. The zero-order chi connectivity index (χ0) is 14.2. The molecule has 2 aliphatic rings. The van der Waals surface area contributed by atoms with Crippen LogP contribution in [-0.2, 0) is 9.53 Å². The van der Waals surface area contributed by atoms with Gasteiger partial charge in [-0.05, 0) is 37.0 Å². The molecule has 0 aromatic rings. The lowest BCUT2D eigenvalue weighted by Gasteiger charge is -2.24. The lowest BCUT2D eigenvalue weighted by atomic mass is 9.85. The molecule has 1 aliphatic heterocycles. The maximum absolute atomic E-state index is 11.6. The van der Waals surface area contributed by atoms with Crippen molar-refractivity contribution in [2.45, 2.75) is 44.5 Å². The van der Waals surface area contributed by atoms with E-state index in [-0.39, 0.29) is 24.4 Å². The molecule has 104 valence electrons. The number of aliphatic hydroxyl groups is 2. The summed E-state index contributed by atoms with van der Waals surface area (Å²) in [5, 5.41) is 19.9. The van der Waals surface area contributed by atoms with E-state index in [1.54, 1.807) is 13.0 Å². The number of esters is 1. The lowest BCUT2D eigenvalue weighted by molar-refractivity contribution is -0.137. The smallest absolute Gasteiger partial charge is 0.334 e. The van der Waals surface area contributed by atoms with E-state index in [0.717, 1.165) is 0 Å². The summed E-state index contributed by atoms with van der Waals surface area (Å²) in [5.41, 5.74) is 1.84. The van der Waals surface area contributed by atoms with Gasteiger partial charge >= 0.3 is 5.97 Å². The number of hydrogen-bond donors (Lipinski definition) is 2. The van der Waals surface area contributed by atoms with Gasteiger partial charge in [-0.2, -0.15) is 0 Å². The Morgan fingerprint density at radius 3 is 2.68 bits per heavy atom. The molecule has 1 fully saturated rings. The predicted molar refractivity (Wildman–Crippen MR) is 71.3 cm³/mol. The van der Waals surface area contributed by atoms with Gasteiger partial charge < -0.3 is 14.9 Å². The lowest BCUT2D eigenvalue weighted by Crippen LogP contribution is -2.25. The summed E-state index contributed by atoms with van der Waals surface area (Å²) >= 11 is 0. The quantitative estimate of drug-likeness (QED) is 0.395. The highest BCUT2D eigenvalue weighted by atomic mass is 16.5. The Labute approximate surface area is 113 Å². The highest BCUT2D eigenvalue weighted by molar-refractivity contribution is 5.91. The standard InChI is InChI=1S/C15H20O4/c1-8-4-5-11-10(3)15(18)19-14(11)6-9(2)13(17)7-12(8)16/h6,11-14,16-17H,1,3-5,7H2,2H3/b9-6-/t11-,12-,13+,14+/m0/s1. The van der Waals surface area contributed by atoms with Gasteiger partial charge in [-0.25, -0.2) is 4.79 Å². The van der Waals surface area contributed by atoms with Crippen LogP contribution in [-0.4, -0.2) is 34.5 Å². The van der Waals surface area contributed by atoms with Gasteiger partial charge in [-0.15, -0.1) is 0 Å². The van der Waals surface area contributed by atoms with Crippen molar-refractivity contribution in [3.05, 3.63) is 36.0 Å². The first-order chi connectivity index (χ1) is 8.90. The van der Waals surface area contributed by atoms with Gasteiger partial charge in [0, 0.05) is 17.9 Å². The van der Waals surface area contributed by atoms with Crippen LogP contribution in [0.3, 0.4) is 0 Å². The summed E-state index contributed by atoms with van der Waals surface area (Å²) < 4.78 is 5.27. The van der Waals surface area contributed by atoms with E-state index in [4.69, 9.17) is 4.74 Å². The molecule has 0 amide bonds. The summed E-state index contributed by atoms with van der Waals surface area (Å²) in [5.74, 6) is -0.476. The number of hydrogen-bond acceptors (Lipinski definition) is 4. The molecule has 0 unspecified atom stereocenters. The maximum atomic E-state index is 11.6. The Bertz CT molecular complexity index is 449. The number of carbonyl (C=O) groups is 1. The normalized spacial score (nSPS) is 39.3. The molecule has 4 heteroatoms. The van der Waals surface area contributed by atoms with Crippen molar-refractivity contribution in [1.29, 1.82) is 0 Å². The second kappa shape index (κ2) is 5.31. The molecule has 0 aromatic carbocycles. The van der Waals surface area contributed by atoms with Crippen LogP contribution in [0.25, 0.3) is 0 Å². The van der Waals surface area contributed by atoms with Crippen molar-refractivity contribution < 1.29 is 19.7 Å². The van der Waals surface area contributed by atoms with Crippen LogP contribution in [0.4, 0.5) is 0 Å². The Morgan fingerprint density at radius 1 is 1.32 bits per heavy atom. The van der Waals surface area contributed by atoms with Crippen LogP contribution in [0, 0.1) is 5.92 Å². The molecule has 1 heterocycles. The van der Waals surface area contributed by atoms with E-state index in [1.807, 2.05) is 0 Å². The first-order valence-electron chi connectivity index (χ1n) is 6.52. The number of fused-ring (bicyclic) bond motifs is 1. The number of ether oxygens (including phenoxy) is 1. The minimum Gasteiger partial charge on any atom is -0.454 e. The molecule has 2 rings (SSSR count). The third-order valence-corrected chi connectivity index (χ3v) is 4.00. The highest BCUT2D eigenvalue weighted by Gasteiger charge is 2.38. The molecular formula is C15H20O4. The van der Waals surface area contributed by atoms with Gasteiger partial charge in [0.1, 0.15) is 6.10 Å². The van der Waals surface area contributed by atoms with E-state index >= 15 is 0 Å². The summed E-state index contributed by atoms with van der Waals surface area (Å²) in [6.45, 7) is 9.40. The van der Waals surface area contributed by atoms with E-state index in [9.17, 15) is 15.0 Å². The van der Waals surface area contributed by atoms with Gasteiger partial charge in [0.25, 0.3) is 0 Å². The second-order valence-electron chi connectivity index (χ2n) is 5.38. The maximum Gasteiger partial charge on any atom is 0.334 e. The molecular weight excluding hydrogens is 244 g/mol. The molecule has 19 heavy (non-hydrogen) atoms. The van der Waals surface area contributed by atoms with Crippen LogP contribution < -0.4 is 0 Å². The van der Waals surface area contributed by atoms with Gasteiger partial charge in [-0.3, -0.25) is 0 Å². The molecule has 0 radical (unpaired) electrons.